The number of hydrogen-bond acceptors (Lipinski definition) is 6. The van der Waals surface area contributed by atoms with Crippen LogP contribution < -0.4 is 9.80 Å². The monoisotopic (exact) mass is 389 g/mol. The first-order chi connectivity index (χ1) is 14.2. The molecule has 2 aliphatic rings. The topological polar surface area (TPSA) is 91.6 Å². The third-order valence-corrected chi connectivity index (χ3v) is 5.10. The van der Waals surface area contributed by atoms with Gasteiger partial charge in [0.2, 0.25) is 0 Å². The van der Waals surface area contributed by atoms with Crippen molar-refractivity contribution in [2.75, 3.05) is 29.4 Å². The Hall–Kier alpha value is -3.85. The Kier molecular flexibility index (Phi) is 5.12. The smallest absolute Gasteiger partial charge is 0.414 e. The fraction of sp³-hybridized carbons (Fsp3) is 0.350. The molecule has 0 unspecified atom stereocenters. The summed E-state index contributed by atoms with van der Waals surface area (Å²) in [7, 11) is 0. The van der Waals surface area contributed by atoms with Crippen LogP contribution in [0.25, 0.3) is 4.85 Å². The van der Waals surface area contributed by atoms with E-state index in [1.807, 2.05) is 30.3 Å². The molecule has 0 bridgehead atoms. The van der Waals surface area contributed by atoms with Crippen LogP contribution in [0.15, 0.2) is 42.2 Å². The predicted octanol–water partition coefficient (Wildman–Crippen LogP) is 2.58. The third-order valence-electron chi connectivity index (χ3n) is 5.10. The highest BCUT2D eigenvalue weighted by molar-refractivity contribution is 5.90. The van der Waals surface area contributed by atoms with Gasteiger partial charge < -0.3 is 9.64 Å². The Bertz CT molecular complexity index is 1000. The summed E-state index contributed by atoms with van der Waals surface area (Å²) in [5.74, 6) is 0. The zero-order valence-electron chi connectivity index (χ0n) is 15.7. The molecule has 2 fully saturated rings. The number of anilines is 2. The molecule has 1 amide bonds. The highest BCUT2D eigenvalue weighted by atomic mass is 16.6. The second kappa shape index (κ2) is 8.03. The van der Waals surface area contributed by atoms with Gasteiger partial charge in [-0.2, -0.15) is 5.26 Å². The predicted molar refractivity (Wildman–Crippen MR) is 105 cm³/mol. The van der Waals surface area contributed by atoms with Crippen molar-refractivity contribution in [3.8, 4) is 6.07 Å². The van der Waals surface area contributed by atoms with E-state index in [0.29, 0.717) is 13.1 Å². The average molecular weight is 389 g/mol. The van der Waals surface area contributed by atoms with Crippen LogP contribution in [0.1, 0.15) is 18.5 Å². The number of carbonyl (C=O) groups is 1. The number of benzene rings is 1. The molecular formula is C20H19N7O2. The minimum absolute atomic E-state index is 0.233. The Balaban J connectivity index is 1.38. The maximum absolute atomic E-state index is 12.3. The molecule has 0 aliphatic carbocycles. The van der Waals surface area contributed by atoms with E-state index in [2.05, 4.69) is 20.1 Å². The number of rotatable bonds is 4. The lowest BCUT2D eigenvalue weighted by molar-refractivity contribution is 0.129. The van der Waals surface area contributed by atoms with Crippen molar-refractivity contribution in [1.29, 1.82) is 5.26 Å². The Morgan fingerprint density at radius 2 is 2.00 bits per heavy atom. The van der Waals surface area contributed by atoms with Gasteiger partial charge >= 0.3 is 6.09 Å². The van der Waals surface area contributed by atoms with Crippen LogP contribution in [-0.2, 0) is 11.3 Å². The molecule has 2 saturated heterocycles. The first kappa shape index (κ1) is 18.5. The van der Waals surface area contributed by atoms with E-state index < -0.39 is 6.09 Å². The van der Waals surface area contributed by atoms with E-state index >= 15 is 0 Å². The summed E-state index contributed by atoms with van der Waals surface area (Å²) in [6, 6.07) is 9.79. The third kappa shape index (κ3) is 4.04. The molecule has 1 aromatic carbocycles. The Morgan fingerprint density at radius 1 is 1.28 bits per heavy atom. The summed E-state index contributed by atoms with van der Waals surface area (Å²) in [4.78, 5) is 19.5. The van der Waals surface area contributed by atoms with Crippen molar-refractivity contribution in [2.24, 2.45) is 0 Å². The summed E-state index contributed by atoms with van der Waals surface area (Å²) in [6.45, 7) is 9.47. The molecule has 0 N–H and O–H groups in total. The molecular weight excluding hydrogens is 370 g/mol. The van der Waals surface area contributed by atoms with E-state index in [9.17, 15) is 4.79 Å². The van der Waals surface area contributed by atoms with Gasteiger partial charge in [-0.3, -0.25) is 4.90 Å². The number of nitrogens with zero attached hydrogens (tertiary/aromatic N) is 7. The molecule has 0 radical (unpaired) electrons. The summed E-state index contributed by atoms with van der Waals surface area (Å²) >= 11 is 0. The van der Waals surface area contributed by atoms with Crippen LogP contribution in [-0.4, -0.2) is 46.8 Å². The molecule has 9 heteroatoms. The summed E-state index contributed by atoms with van der Waals surface area (Å²) in [5, 5.41) is 16.4. The maximum Gasteiger partial charge on any atom is 0.414 e. The minimum Gasteiger partial charge on any atom is -0.442 e. The van der Waals surface area contributed by atoms with Crippen molar-refractivity contribution in [2.45, 2.75) is 25.5 Å². The van der Waals surface area contributed by atoms with Crippen molar-refractivity contribution in [3.63, 3.8) is 0 Å². The number of hydrogen-bond donors (Lipinski definition) is 0. The van der Waals surface area contributed by atoms with Crippen LogP contribution in [0.4, 0.5) is 16.2 Å². The summed E-state index contributed by atoms with van der Waals surface area (Å²) < 4.78 is 6.94. The van der Waals surface area contributed by atoms with E-state index in [1.165, 1.54) is 16.5 Å². The highest BCUT2D eigenvalue weighted by Gasteiger charge is 2.33. The molecule has 0 spiro atoms. The molecule has 2 aromatic rings. The number of cyclic esters (lactones) is 1. The first-order valence-electron chi connectivity index (χ1n) is 9.34. The highest BCUT2D eigenvalue weighted by Crippen LogP contribution is 2.27. The van der Waals surface area contributed by atoms with Gasteiger partial charge in [0.15, 0.2) is 11.9 Å². The molecule has 1 aromatic heterocycles. The van der Waals surface area contributed by atoms with Gasteiger partial charge in [-0.1, -0.05) is 10.8 Å². The van der Waals surface area contributed by atoms with Crippen LogP contribution >= 0.6 is 0 Å². The van der Waals surface area contributed by atoms with Gasteiger partial charge in [-0.15, -0.1) is 5.10 Å². The molecule has 0 saturated carbocycles. The van der Waals surface area contributed by atoms with Crippen LogP contribution in [0.2, 0.25) is 0 Å². The molecule has 146 valence electrons. The number of amides is 1. The molecule has 1 atom stereocenters. The number of aromatic nitrogens is 3. The van der Waals surface area contributed by atoms with Gasteiger partial charge in [0.25, 0.3) is 0 Å². The fourth-order valence-corrected chi connectivity index (χ4v) is 3.59. The number of piperidine rings is 1. The van der Waals surface area contributed by atoms with Crippen LogP contribution in [0, 0.1) is 17.9 Å². The second-order valence-corrected chi connectivity index (χ2v) is 6.97. The molecule has 3 heterocycles. The first-order valence-corrected chi connectivity index (χ1v) is 9.34. The number of carbonyl (C=O) groups excluding carboxylic acids is 1. The molecule has 9 nitrogen and oxygen atoms in total. The lowest BCUT2D eigenvalue weighted by Crippen LogP contribution is -2.30. The molecule has 4 rings (SSSR count). The van der Waals surface area contributed by atoms with Gasteiger partial charge in [0.05, 0.1) is 25.9 Å². The van der Waals surface area contributed by atoms with E-state index in [4.69, 9.17) is 16.6 Å². The molecule has 2 aliphatic heterocycles. The fourth-order valence-electron chi connectivity index (χ4n) is 3.59. The number of ether oxygens (including phenoxy) is 1. The van der Waals surface area contributed by atoms with E-state index in [-0.39, 0.29) is 11.8 Å². The number of nitriles is 1. The standard InChI is InChI=1S/C20H19N7O2/c1-22-11-15-6-8-25(9-7-15)17-2-4-18(5-3-17)27-14-19(29-20(27)28)13-26-12-16(10-21)23-24-26/h2-5,11-12,19H,6-9,13-14H2/t19-/m0/s1. The summed E-state index contributed by atoms with van der Waals surface area (Å²) in [5.41, 5.74) is 3.32. The lowest BCUT2D eigenvalue weighted by atomic mass is 10.0. The Morgan fingerprint density at radius 3 is 2.66 bits per heavy atom. The van der Waals surface area contributed by atoms with Gasteiger partial charge in [0, 0.05) is 24.5 Å². The maximum atomic E-state index is 12.3. The largest absolute Gasteiger partial charge is 0.442 e. The van der Waals surface area contributed by atoms with Crippen molar-refractivity contribution >= 4 is 17.5 Å². The zero-order valence-corrected chi connectivity index (χ0v) is 15.7. The Labute approximate surface area is 168 Å². The van der Waals surface area contributed by atoms with Crippen molar-refractivity contribution < 1.29 is 9.53 Å². The van der Waals surface area contributed by atoms with E-state index in [1.54, 1.807) is 11.1 Å². The van der Waals surface area contributed by atoms with Gasteiger partial charge in [-0.05, 0) is 37.1 Å². The average Bonchev–Trinajstić information content (AvgIpc) is 3.35. The normalized spacial score (nSPS) is 18.9. The van der Waals surface area contributed by atoms with Gasteiger partial charge in [-0.25, -0.2) is 14.3 Å². The second-order valence-electron chi connectivity index (χ2n) is 6.97. The SMILES string of the molecule is [C-]#[N+]C=C1CCN(c2ccc(N3C[C@H](Cn4cc(C#N)nn4)OC3=O)cc2)CC1. The van der Waals surface area contributed by atoms with E-state index in [0.717, 1.165) is 37.3 Å². The quantitative estimate of drug-likeness (QED) is 0.747. The summed E-state index contributed by atoms with van der Waals surface area (Å²) in [6.07, 6.45) is 4.22. The molecule has 29 heavy (non-hydrogen) atoms. The van der Waals surface area contributed by atoms with Crippen molar-refractivity contribution in [3.05, 3.63) is 59.3 Å². The minimum atomic E-state index is -0.393. The zero-order chi connectivity index (χ0) is 20.2. The van der Waals surface area contributed by atoms with Gasteiger partial charge in [0.1, 0.15) is 12.2 Å². The lowest BCUT2D eigenvalue weighted by Gasteiger charge is -2.30. The van der Waals surface area contributed by atoms with Crippen LogP contribution in [0.5, 0.6) is 0 Å². The van der Waals surface area contributed by atoms with Crippen LogP contribution in [0.3, 0.4) is 0 Å². The van der Waals surface area contributed by atoms with Crippen molar-refractivity contribution in [1.82, 2.24) is 15.0 Å².